The van der Waals surface area contributed by atoms with Gasteiger partial charge in [-0.1, -0.05) is 6.92 Å². The zero-order chi connectivity index (χ0) is 20.2. The number of nitrogens with zero attached hydrogens (tertiary/aromatic N) is 2. The first-order chi connectivity index (χ1) is 13.6. The van der Waals surface area contributed by atoms with Gasteiger partial charge in [0.15, 0.2) is 16.6 Å². The number of hydrogen-bond donors (Lipinski definition) is 2. The molecule has 0 aliphatic carbocycles. The summed E-state index contributed by atoms with van der Waals surface area (Å²) < 4.78 is 17.3. The molecule has 1 aliphatic heterocycles. The molecule has 2 rings (SSSR count). The lowest BCUT2D eigenvalue weighted by molar-refractivity contribution is 0.0376. The normalized spacial score (nSPS) is 14.8. The Bertz CT molecular complexity index is 654. The molecule has 0 amide bonds. The third-order valence-electron chi connectivity index (χ3n) is 4.12. The van der Waals surface area contributed by atoms with Crippen molar-refractivity contribution in [2.75, 3.05) is 53.1 Å². The number of benzene rings is 1. The van der Waals surface area contributed by atoms with Gasteiger partial charge in [-0.25, -0.2) is 0 Å². The smallest absolute Gasteiger partial charge is 0.186 e. The van der Waals surface area contributed by atoms with Gasteiger partial charge < -0.3 is 19.5 Å². The van der Waals surface area contributed by atoms with Crippen molar-refractivity contribution in [3.8, 4) is 11.5 Å². The molecule has 9 heteroatoms. The van der Waals surface area contributed by atoms with Crippen molar-refractivity contribution in [1.82, 2.24) is 15.6 Å². The van der Waals surface area contributed by atoms with E-state index in [4.69, 9.17) is 26.4 Å². The number of methoxy groups -OCH3 is 1. The van der Waals surface area contributed by atoms with E-state index in [-0.39, 0.29) is 0 Å². The third-order valence-corrected chi connectivity index (χ3v) is 4.95. The predicted molar refractivity (Wildman–Crippen MR) is 120 cm³/mol. The SMILES string of the molecule is CCCOc1c(Br)cc(/C=N\NC(=S)NCCCN2CCOCC2)cc1OC. The molecule has 0 aromatic heterocycles. The Kier molecular flexibility index (Phi) is 10.6. The van der Waals surface area contributed by atoms with E-state index in [2.05, 4.69) is 43.6 Å². The summed E-state index contributed by atoms with van der Waals surface area (Å²) in [4.78, 5) is 2.40. The molecule has 0 unspecified atom stereocenters. The second-order valence-corrected chi connectivity index (χ2v) is 7.58. The second kappa shape index (κ2) is 12.9. The van der Waals surface area contributed by atoms with Gasteiger partial charge in [-0.15, -0.1) is 0 Å². The molecule has 0 bridgehead atoms. The van der Waals surface area contributed by atoms with Crippen molar-refractivity contribution in [1.29, 1.82) is 0 Å². The Morgan fingerprint density at radius 1 is 1.39 bits per heavy atom. The van der Waals surface area contributed by atoms with E-state index in [9.17, 15) is 0 Å². The van der Waals surface area contributed by atoms with E-state index in [1.165, 1.54) is 0 Å². The van der Waals surface area contributed by atoms with Crippen LogP contribution in [0.3, 0.4) is 0 Å². The van der Waals surface area contributed by atoms with Gasteiger partial charge in [-0.3, -0.25) is 10.3 Å². The molecule has 2 N–H and O–H groups in total. The summed E-state index contributed by atoms with van der Waals surface area (Å²) in [5, 5.41) is 7.87. The fourth-order valence-electron chi connectivity index (χ4n) is 2.69. The highest BCUT2D eigenvalue weighted by Crippen LogP contribution is 2.36. The standard InChI is InChI=1S/C19H29BrN4O3S/c1-3-9-27-18-16(20)12-15(13-17(18)25-2)14-22-23-19(28)21-5-4-6-24-7-10-26-11-8-24/h12-14H,3-11H2,1-2H3,(H2,21,23,28)/b22-14-. The van der Waals surface area contributed by atoms with E-state index < -0.39 is 0 Å². The minimum absolute atomic E-state index is 0.507. The lowest BCUT2D eigenvalue weighted by Gasteiger charge is -2.26. The van der Waals surface area contributed by atoms with Crippen molar-refractivity contribution in [2.45, 2.75) is 19.8 Å². The molecular formula is C19H29BrN4O3S. The molecule has 1 aliphatic rings. The average molecular weight is 473 g/mol. The van der Waals surface area contributed by atoms with Gasteiger partial charge in [0.2, 0.25) is 0 Å². The summed E-state index contributed by atoms with van der Waals surface area (Å²) in [6.07, 6.45) is 3.65. The van der Waals surface area contributed by atoms with Crippen LogP contribution in [0.1, 0.15) is 25.3 Å². The Morgan fingerprint density at radius 3 is 2.89 bits per heavy atom. The van der Waals surface area contributed by atoms with Crippen LogP contribution in [0.2, 0.25) is 0 Å². The van der Waals surface area contributed by atoms with E-state index in [0.717, 1.165) is 62.3 Å². The topological polar surface area (TPSA) is 67.4 Å². The van der Waals surface area contributed by atoms with E-state index in [1.807, 2.05) is 12.1 Å². The van der Waals surface area contributed by atoms with Gasteiger partial charge in [-0.05, 0) is 65.2 Å². The minimum Gasteiger partial charge on any atom is -0.493 e. The Hall–Kier alpha value is -1.42. The van der Waals surface area contributed by atoms with Gasteiger partial charge >= 0.3 is 0 Å². The number of ether oxygens (including phenoxy) is 3. The van der Waals surface area contributed by atoms with Gasteiger partial charge in [-0.2, -0.15) is 5.10 Å². The van der Waals surface area contributed by atoms with Crippen LogP contribution in [0, 0.1) is 0 Å². The number of morpholine rings is 1. The molecule has 0 atom stereocenters. The maximum absolute atomic E-state index is 5.73. The predicted octanol–water partition coefficient (Wildman–Crippen LogP) is 2.77. The first-order valence-electron chi connectivity index (χ1n) is 9.51. The molecule has 1 fully saturated rings. The number of hydrazone groups is 1. The molecule has 1 aromatic rings. The molecule has 0 saturated carbocycles. The van der Waals surface area contributed by atoms with E-state index in [1.54, 1.807) is 13.3 Å². The van der Waals surface area contributed by atoms with Crippen molar-refractivity contribution in [3.05, 3.63) is 22.2 Å². The van der Waals surface area contributed by atoms with Crippen LogP contribution < -0.4 is 20.2 Å². The van der Waals surface area contributed by atoms with Crippen LogP contribution in [0.4, 0.5) is 0 Å². The van der Waals surface area contributed by atoms with Gasteiger partial charge in [0.05, 0.1) is 37.6 Å². The molecule has 1 saturated heterocycles. The van der Waals surface area contributed by atoms with Crippen LogP contribution in [-0.2, 0) is 4.74 Å². The maximum Gasteiger partial charge on any atom is 0.186 e. The number of halogens is 1. The third kappa shape index (κ3) is 7.90. The fraction of sp³-hybridized carbons (Fsp3) is 0.579. The highest BCUT2D eigenvalue weighted by molar-refractivity contribution is 9.10. The summed E-state index contributed by atoms with van der Waals surface area (Å²) in [6, 6.07) is 3.80. The van der Waals surface area contributed by atoms with Gasteiger partial charge in [0.25, 0.3) is 0 Å². The number of nitrogens with one attached hydrogen (secondary N) is 2. The highest BCUT2D eigenvalue weighted by Gasteiger charge is 2.11. The maximum atomic E-state index is 5.73. The Balaban J connectivity index is 1.75. The average Bonchev–Trinajstić information content (AvgIpc) is 2.71. The first-order valence-corrected chi connectivity index (χ1v) is 10.7. The van der Waals surface area contributed by atoms with Crippen LogP contribution in [-0.4, -0.2) is 69.3 Å². The zero-order valence-corrected chi connectivity index (χ0v) is 18.9. The molecule has 0 radical (unpaired) electrons. The quantitative estimate of drug-likeness (QED) is 0.235. The number of hydrogen-bond acceptors (Lipinski definition) is 6. The van der Waals surface area contributed by atoms with Crippen LogP contribution in [0.25, 0.3) is 0 Å². The summed E-state index contributed by atoms with van der Waals surface area (Å²) >= 11 is 8.79. The van der Waals surface area contributed by atoms with Crippen molar-refractivity contribution in [3.63, 3.8) is 0 Å². The van der Waals surface area contributed by atoms with Gasteiger partial charge in [0.1, 0.15) is 0 Å². The Labute approximate surface area is 180 Å². The second-order valence-electron chi connectivity index (χ2n) is 6.32. The van der Waals surface area contributed by atoms with Crippen molar-refractivity contribution in [2.24, 2.45) is 5.10 Å². The molecule has 28 heavy (non-hydrogen) atoms. The summed E-state index contributed by atoms with van der Waals surface area (Å²) in [5.41, 5.74) is 3.71. The number of rotatable bonds is 10. The number of thiocarbonyl (C=S) groups is 1. The first kappa shape index (κ1) is 22.9. The largest absolute Gasteiger partial charge is 0.493 e. The summed E-state index contributed by atoms with van der Waals surface area (Å²) in [5.74, 6) is 1.36. The molecule has 156 valence electrons. The molecule has 1 aromatic carbocycles. The van der Waals surface area contributed by atoms with E-state index in [0.29, 0.717) is 23.2 Å². The lowest BCUT2D eigenvalue weighted by atomic mass is 10.2. The molecule has 0 spiro atoms. The van der Waals surface area contributed by atoms with Gasteiger partial charge in [0, 0.05) is 19.6 Å². The fourth-order valence-corrected chi connectivity index (χ4v) is 3.42. The molecule has 1 heterocycles. The lowest BCUT2D eigenvalue weighted by Crippen LogP contribution is -2.39. The van der Waals surface area contributed by atoms with Crippen molar-refractivity contribution >= 4 is 39.5 Å². The zero-order valence-electron chi connectivity index (χ0n) is 16.5. The van der Waals surface area contributed by atoms with Crippen LogP contribution in [0.5, 0.6) is 11.5 Å². The summed E-state index contributed by atoms with van der Waals surface area (Å²) in [6.45, 7) is 8.22. The van der Waals surface area contributed by atoms with Crippen molar-refractivity contribution < 1.29 is 14.2 Å². The molecule has 7 nitrogen and oxygen atoms in total. The minimum atomic E-state index is 0.507. The van der Waals surface area contributed by atoms with Crippen LogP contribution in [0.15, 0.2) is 21.7 Å². The van der Waals surface area contributed by atoms with E-state index >= 15 is 0 Å². The summed E-state index contributed by atoms with van der Waals surface area (Å²) in [7, 11) is 1.62. The Morgan fingerprint density at radius 2 is 2.18 bits per heavy atom. The molecular weight excluding hydrogens is 444 g/mol. The van der Waals surface area contributed by atoms with Crippen LogP contribution >= 0.6 is 28.1 Å². The monoisotopic (exact) mass is 472 g/mol. The highest BCUT2D eigenvalue weighted by atomic mass is 79.9.